The van der Waals surface area contributed by atoms with Crippen LogP contribution in [0, 0.1) is 5.82 Å². The number of nitrogens with one attached hydrogen (secondary N) is 1. The van der Waals surface area contributed by atoms with Crippen molar-refractivity contribution in [1.29, 1.82) is 0 Å². The number of halogens is 2. The van der Waals surface area contributed by atoms with Crippen molar-refractivity contribution in [2.75, 3.05) is 0 Å². The topological polar surface area (TPSA) is 48.9 Å². The molecule has 2 aromatic rings. The Labute approximate surface area is 88.1 Å². The molecular formula is C9H8BrFN2O. The van der Waals surface area contributed by atoms with Crippen LogP contribution in [-0.2, 0) is 0 Å². The molecule has 2 N–H and O–H groups in total. The zero-order valence-corrected chi connectivity index (χ0v) is 8.97. The highest BCUT2D eigenvalue weighted by Gasteiger charge is 2.09. The minimum absolute atomic E-state index is 0.349. The van der Waals surface area contributed by atoms with E-state index >= 15 is 0 Å². The third kappa shape index (κ3) is 1.53. The zero-order chi connectivity index (χ0) is 10.3. The molecule has 0 saturated heterocycles. The molecule has 0 fully saturated rings. The number of benzene rings is 1. The van der Waals surface area contributed by atoms with Crippen molar-refractivity contribution >= 4 is 27.0 Å². The molecule has 74 valence electrons. The van der Waals surface area contributed by atoms with Gasteiger partial charge in [-0.2, -0.15) is 0 Å². The summed E-state index contributed by atoms with van der Waals surface area (Å²) in [4.78, 5) is 6.95. The standard InChI is InChI=1S/C9H8BrFN2O/c1-4(14)9-12-7-2-5(10)6(11)3-8(7)13-9/h2-4,14H,1H3,(H,12,13)/t4-/m0/s1. The van der Waals surface area contributed by atoms with E-state index in [0.717, 1.165) is 0 Å². The second-order valence-corrected chi connectivity index (χ2v) is 3.94. The average molecular weight is 259 g/mol. The molecule has 1 atom stereocenters. The van der Waals surface area contributed by atoms with Gasteiger partial charge in [0.05, 0.1) is 15.5 Å². The van der Waals surface area contributed by atoms with Crippen LogP contribution in [0.1, 0.15) is 18.9 Å². The SMILES string of the molecule is C[C@H](O)c1nc2cc(Br)c(F)cc2[nH]1. The van der Waals surface area contributed by atoms with Crippen molar-refractivity contribution in [3.8, 4) is 0 Å². The molecule has 1 heterocycles. The van der Waals surface area contributed by atoms with Crippen LogP contribution in [0.5, 0.6) is 0 Å². The number of rotatable bonds is 1. The van der Waals surface area contributed by atoms with Crippen LogP contribution in [0.3, 0.4) is 0 Å². The molecular weight excluding hydrogens is 251 g/mol. The third-order valence-corrected chi connectivity index (χ3v) is 2.55. The Morgan fingerprint density at radius 3 is 2.93 bits per heavy atom. The smallest absolute Gasteiger partial charge is 0.139 e. The Balaban J connectivity index is 2.66. The van der Waals surface area contributed by atoms with Gasteiger partial charge in [-0.05, 0) is 28.9 Å². The number of hydrogen-bond acceptors (Lipinski definition) is 2. The van der Waals surface area contributed by atoms with Gasteiger partial charge in [0.15, 0.2) is 0 Å². The summed E-state index contributed by atoms with van der Waals surface area (Å²) in [5.41, 5.74) is 1.22. The van der Waals surface area contributed by atoms with Crippen molar-refractivity contribution in [2.45, 2.75) is 13.0 Å². The van der Waals surface area contributed by atoms with E-state index in [9.17, 15) is 9.50 Å². The Bertz CT molecular complexity index is 442. The molecule has 0 spiro atoms. The fraction of sp³-hybridized carbons (Fsp3) is 0.222. The summed E-state index contributed by atoms with van der Waals surface area (Å²) in [5, 5.41) is 9.26. The summed E-state index contributed by atoms with van der Waals surface area (Å²) in [6, 6.07) is 2.92. The quantitative estimate of drug-likeness (QED) is 0.826. The first-order chi connectivity index (χ1) is 6.58. The Morgan fingerprint density at radius 2 is 2.29 bits per heavy atom. The van der Waals surface area contributed by atoms with E-state index in [1.165, 1.54) is 6.07 Å². The summed E-state index contributed by atoms with van der Waals surface area (Å²) >= 11 is 3.07. The second-order valence-electron chi connectivity index (χ2n) is 3.08. The molecule has 0 amide bonds. The summed E-state index contributed by atoms with van der Waals surface area (Å²) in [6.07, 6.45) is -0.677. The van der Waals surface area contributed by atoms with Crippen molar-refractivity contribution < 1.29 is 9.50 Å². The summed E-state index contributed by atoms with van der Waals surface area (Å²) in [7, 11) is 0. The Morgan fingerprint density at radius 1 is 1.57 bits per heavy atom. The molecule has 14 heavy (non-hydrogen) atoms. The zero-order valence-electron chi connectivity index (χ0n) is 7.38. The predicted octanol–water partition coefficient (Wildman–Crippen LogP) is 2.52. The van der Waals surface area contributed by atoms with E-state index < -0.39 is 6.10 Å². The van der Waals surface area contributed by atoms with Crippen LogP contribution < -0.4 is 0 Å². The number of H-pyrrole nitrogens is 1. The Kier molecular flexibility index (Phi) is 2.28. The van der Waals surface area contributed by atoms with Gasteiger partial charge in [0.25, 0.3) is 0 Å². The lowest BCUT2D eigenvalue weighted by Gasteiger charge is -1.95. The maximum absolute atomic E-state index is 13.1. The van der Waals surface area contributed by atoms with Gasteiger partial charge in [-0.15, -0.1) is 0 Å². The van der Waals surface area contributed by atoms with E-state index in [4.69, 9.17) is 0 Å². The largest absolute Gasteiger partial charge is 0.385 e. The molecule has 1 aromatic carbocycles. The lowest BCUT2D eigenvalue weighted by molar-refractivity contribution is 0.190. The molecule has 0 saturated carbocycles. The number of aliphatic hydroxyl groups is 1. The minimum Gasteiger partial charge on any atom is -0.385 e. The number of aromatic amines is 1. The molecule has 0 radical (unpaired) electrons. The maximum Gasteiger partial charge on any atom is 0.139 e. The summed E-state index contributed by atoms with van der Waals surface area (Å²) < 4.78 is 13.5. The molecule has 0 unspecified atom stereocenters. The summed E-state index contributed by atoms with van der Waals surface area (Å²) in [5.74, 6) is 0.0933. The van der Waals surface area contributed by atoms with Crippen molar-refractivity contribution in [2.24, 2.45) is 0 Å². The monoisotopic (exact) mass is 258 g/mol. The van der Waals surface area contributed by atoms with Gasteiger partial charge in [-0.25, -0.2) is 9.37 Å². The maximum atomic E-state index is 13.1. The normalized spacial score (nSPS) is 13.4. The number of fused-ring (bicyclic) bond motifs is 1. The number of hydrogen-bond donors (Lipinski definition) is 2. The van der Waals surface area contributed by atoms with E-state index in [1.807, 2.05) is 0 Å². The number of nitrogens with zero attached hydrogens (tertiary/aromatic N) is 1. The molecule has 1 aromatic heterocycles. The first-order valence-corrected chi connectivity index (χ1v) is 4.90. The average Bonchev–Trinajstić information content (AvgIpc) is 2.48. The van der Waals surface area contributed by atoms with E-state index in [2.05, 4.69) is 25.9 Å². The van der Waals surface area contributed by atoms with Crippen LogP contribution in [0.15, 0.2) is 16.6 Å². The van der Waals surface area contributed by atoms with Gasteiger partial charge in [0.2, 0.25) is 0 Å². The van der Waals surface area contributed by atoms with Gasteiger partial charge in [-0.1, -0.05) is 0 Å². The van der Waals surface area contributed by atoms with Crippen LogP contribution >= 0.6 is 15.9 Å². The molecule has 3 nitrogen and oxygen atoms in total. The highest BCUT2D eigenvalue weighted by molar-refractivity contribution is 9.10. The Hall–Kier alpha value is -0.940. The number of aromatic nitrogens is 2. The lowest BCUT2D eigenvalue weighted by Crippen LogP contribution is -1.92. The van der Waals surface area contributed by atoms with Gasteiger partial charge in [-0.3, -0.25) is 0 Å². The first kappa shape index (κ1) is 9.61. The van der Waals surface area contributed by atoms with Crippen LogP contribution in [0.4, 0.5) is 4.39 Å². The molecule has 5 heteroatoms. The van der Waals surface area contributed by atoms with Crippen LogP contribution in [0.25, 0.3) is 11.0 Å². The molecule has 0 bridgehead atoms. The fourth-order valence-electron chi connectivity index (χ4n) is 1.22. The second kappa shape index (κ2) is 3.33. The van der Waals surface area contributed by atoms with E-state index in [1.54, 1.807) is 13.0 Å². The van der Waals surface area contributed by atoms with E-state index in [-0.39, 0.29) is 5.82 Å². The summed E-state index contributed by atoms with van der Waals surface area (Å²) in [6.45, 7) is 1.60. The van der Waals surface area contributed by atoms with Gasteiger partial charge in [0, 0.05) is 6.07 Å². The minimum atomic E-state index is -0.677. The van der Waals surface area contributed by atoms with Crippen LogP contribution in [-0.4, -0.2) is 15.1 Å². The highest BCUT2D eigenvalue weighted by Crippen LogP contribution is 2.23. The van der Waals surface area contributed by atoms with Gasteiger partial charge >= 0.3 is 0 Å². The number of aliphatic hydroxyl groups excluding tert-OH is 1. The molecule has 0 aliphatic rings. The molecule has 2 rings (SSSR count). The van der Waals surface area contributed by atoms with Crippen molar-refractivity contribution in [3.05, 3.63) is 28.2 Å². The molecule has 0 aliphatic heterocycles. The van der Waals surface area contributed by atoms with Crippen molar-refractivity contribution in [3.63, 3.8) is 0 Å². The lowest BCUT2D eigenvalue weighted by atomic mass is 10.3. The first-order valence-electron chi connectivity index (χ1n) is 4.10. The highest BCUT2D eigenvalue weighted by atomic mass is 79.9. The van der Waals surface area contributed by atoms with Crippen LogP contribution in [0.2, 0.25) is 0 Å². The number of imidazole rings is 1. The van der Waals surface area contributed by atoms with E-state index in [0.29, 0.717) is 21.3 Å². The fourth-order valence-corrected chi connectivity index (χ4v) is 1.55. The third-order valence-electron chi connectivity index (χ3n) is 1.94. The van der Waals surface area contributed by atoms with Gasteiger partial charge < -0.3 is 10.1 Å². The molecule has 0 aliphatic carbocycles. The van der Waals surface area contributed by atoms with Gasteiger partial charge in [0.1, 0.15) is 17.7 Å². The predicted molar refractivity (Wildman–Crippen MR) is 54.4 cm³/mol. The van der Waals surface area contributed by atoms with Crippen molar-refractivity contribution in [1.82, 2.24) is 9.97 Å².